The molecule has 4 rings (SSSR count). The number of nitrogens with zero attached hydrogens (tertiary/aromatic N) is 4. The van der Waals surface area contributed by atoms with E-state index >= 15 is 0 Å². The van der Waals surface area contributed by atoms with Gasteiger partial charge in [-0.2, -0.15) is 0 Å². The second kappa shape index (κ2) is 7.44. The third-order valence-electron chi connectivity index (χ3n) is 5.24. The lowest BCUT2D eigenvalue weighted by atomic mass is 10.0. The van der Waals surface area contributed by atoms with Crippen LogP contribution in [0.5, 0.6) is 5.75 Å². The number of anilines is 2. The van der Waals surface area contributed by atoms with Crippen LogP contribution in [0, 0.1) is 0 Å². The smallest absolute Gasteiger partial charge is 0.223 e. The van der Waals surface area contributed by atoms with Crippen LogP contribution in [0.2, 0.25) is 0 Å². The molecule has 1 amide bonds. The minimum absolute atomic E-state index is 0.121. The van der Waals surface area contributed by atoms with Crippen LogP contribution in [0.4, 0.5) is 10.3 Å². The molecule has 0 radical (unpaired) electrons. The lowest BCUT2D eigenvalue weighted by Crippen LogP contribution is -2.47. The number of fused-ring (bicyclic) bond motifs is 1. The number of hydrogen-bond donors (Lipinski definition) is 1. The number of benzene rings is 1. The van der Waals surface area contributed by atoms with Crippen LogP contribution in [-0.4, -0.2) is 53.3 Å². The molecule has 144 valence electrons. The molecular weight excluding hydrogens is 362 g/mol. The Hall–Kier alpha value is -2.19. The van der Waals surface area contributed by atoms with Gasteiger partial charge in [-0.3, -0.25) is 9.69 Å². The quantitative estimate of drug-likeness (QED) is 0.870. The minimum Gasteiger partial charge on any atom is -0.490 e. The van der Waals surface area contributed by atoms with E-state index in [1.165, 1.54) is 29.4 Å². The van der Waals surface area contributed by atoms with Crippen LogP contribution in [0.15, 0.2) is 18.2 Å². The summed E-state index contributed by atoms with van der Waals surface area (Å²) in [6, 6.07) is 7.01. The van der Waals surface area contributed by atoms with E-state index in [-0.39, 0.29) is 12.0 Å². The number of aromatic nitrogens is 2. The summed E-state index contributed by atoms with van der Waals surface area (Å²) in [5.74, 6) is 0.925. The highest BCUT2D eigenvalue weighted by molar-refractivity contribution is 7.19. The summed E-state index contributed by atoms with van der Waals surface area (Å²) in [5.41, 5.74) is 2.62. The first-order valence-electron chi connectivity index (χ1n) is 9.39. The van der Waals surface area contributed by atoms with Gasteiger partial charge in [-0.1, -0.05) is 23.5 Å². The maximum absolute atomic E-state index is 11.1. The molecule has 0 spiro atoms. The van der Waals surface area contributed by atoms with Crippen LogP contribution in [0.25, 0.3) is 0 Å². The summed E-state index contributed by atoms with van der Waals surface area (Å²) in [6.07, 6.45) is 1.29. The van der Waals surface area contributed by atoms with Gasteiger partial charge in [-0.05, 0) is 31.0 Å². The molecule has 1 aromatic heterocycles. The summed E-state index contributed by atoms with van der Waals surface area (Å²) in [4.78, 5) is 15.9. The van der Waals surface area contributed by atoms with Crippen LogP contribution in [0.3, 0.4) is 0 Å². The highest BCUT2D eigenvalue weighted by Gasteiger charge is 2.26. The van der Waals surface area contributed by atoms with Crippen LogP contribution >= 0.6 is 11.3 Å². The Bertz CT molecular complexity index is 831. The van der Waals surface area contributed by atoms with Crippen LogP contribution in [-0.2, 0) is 11.2 Å². The molecule has 2 aliphatic rings. The molecule has 1 N–H and O–H groups in total. The molecule has 3 heterocycles. The van der Waals surface area contributed by atoms with Gasteiger partial charge >= 0.3 is 0 Å². The molecule has 0 aliphatic carbocycles. The lowest BCUT2D eigenvalue weighted by molar-refractivity contribution is -0.114. The van der Waals surface area contributed by atoms with Crippen LogP contribution in [0.1, 0.15) is 37.9 Å². The minimum atomic E-state index is -0.121. The van der Waals surface area contributed by atoms with E-state index in [9.17, 15) is 4.79 Å². The van der Waals surface area contributed by atoms with E-state index < -0.39 is 0 Å². The van der Waals surface area contributed by atoms with Gasteiger partial charge in [0.2, 0.25) is 16.2 Å². The Labute approximate surface area is 163 Å². The molecule has 2 aromatic rings. The molecule has 7 nitrogen and oxygen atoms in total. The fraction of sp³-hybridized carbons (Fsp3) is 0.526. The number of hydrogen-bond acceptors (Lipinski definition) is 7. The molecule has 1 unspecified atom stereocenters. The van der Waals surface area contributed by atoms with Gasteiger partial charge in [-0.25, -0.2) is 0 Å². The number of rotatable bonds is 4. The Kier molecular flexibility index (Phi) is 5.01. The predicted molar refractivity (Wildman–Crippen MR) is 107 cm³/mol. The third-order valence-corrected chi connectivity index (χ3v) is 6.14. The fourth-order valence-electron chi connectivity index (χ4n) is 3.73. The Balaban J connectivity index is 1.37. The van der Waals surface area contributed by atoms with Gasteiger partial charge in [-0.15, -0.1) is 10.2 Å². The van der Waals surface area contributed by atoms with Crippen molar-refractivity contribution in [1.82, 2.24) is 15.1 Å². The van der Waals surface area contributed by atoms with Crippen molar-refractivity contribution in [3.05, 3.63) is 29.3 Å². The molecule has 8 heteroatoms. The molecule has 1 fully saturated rings. The summed E-state index contributed by atoms with van der Waals surface area (Å²) in [5, 5.41) is 12.4. The van der Waals surface area contributed by atoms with E-state index in [1.54, 1.807) is 0 Å². The standard InChI is InChI=1S/C19H25N5O2S/c1-12-10-16-5-4-15(11-17(16)26-12)13(2)23-6-8-24(9-7-23)19-22-21-18(27-19)20-14(3)25/h4-5,11-13H,6-10H2,1-3H3,(H,20,21,25)/t12-,13?/m1/s1. The van der Waals surface area contributed by atoms with Gasteiger partial charge in [0, 0.05) is 45.6 Å². The summed E-state index contributed by atoms with van der Waals surface area (Å²) < 4.78 is 5.92. The van der Waals surface area contributed by atoms with Crippen molar-refractivity contribution < 1.29 is 9.53 Å². The highest BCUT2D eigenvalue weighted by atomic mass is 32.1. The zero-order valence-corrected chi connectivity index (χ0v) is 16.8. The number of piperazine rings is 1. The fourth-order valence-corrected chi connectivity index (χ4v) is 4.58. The van der Waals surface area contributed by atoms with Crippen molar-refractivity contribution in [2.75, 3.05) is 36.4 Å². The Morgan fingerprint density at radius 2 is 2.07 bits per heavy atom. The Morgan fingerprint density at radius 3 is 2.81 bits per heavy atom. The number of nitrogens with one attached hydrogen (secondary N) is 1. The summed E-state index contributed by atoms with van der Waals surface area (Å²) in [6.45, 7) is 9.58. The van der Waals surface area contributed by atoms with E-state index in [0.717, 1.165) is 43.5 Å². The van der Waals surface area contributed by atoms with Crippen molar-refractivity contribution >= 4 is 27.5 Å². The molecule has 1 aromatic carbocycles. The maximum Gasteiger partial charge on any atom is 0.223 e. The van der Waals surface area contributed by atoms with Crippen molar-refractivity contribution in [3.63, 3.8) is 0 Å². The number of carbonyl (C=O) groups excluding carboxylic acids is 1. The maximum atomic E-state index is 11.1. The highest BCUT2D eigenvalue weighted by Crippen LogP contribution is 2.33. The largest absolute Gasteiger partial charge is 0.490 e. The second-order valence-electron chi connectivity index (χ2n) is 7.27. The average Bonchev–Trinajstić information content (AvgIpc) is 3.25. The van der Waals surface area contributed by atoms with Crippen molar-refractivity contribution in [2.24, 2.45) is 0 Å². The lowest BCUT2D eigenvalue weighted by Gasteiger charge is -2.38. The second-order valence-corrected chi connectivity index (χ2v) is 8.23. The molecule has 2 aliphatic heterocycles. The van der Waals surface area contributed by atoms with E-state index in [1.807, 2.05) is 0 Å². The topological polar surface area (TPSA) is 70.6 Å². The molecule has 0 saturated carbocycles. The summed E-state index contributed by atoms with van der Waals surface area (Å²) >= 11 is 1.42. The zero-order valence-electron chi connectivity index (χ0n) is 15.9. The van der Waals surface area contributed by atoms with E-state index in [0.29, 0.717) is 11.2 Å². The van der Waals surface area contributed by atoms with Gasteiger partial charge in [0.1, 0.15) is 11.9 Å². The molecule has 2 atom stereocenters. The van der Waals surface area contributed by atoms with Gasteiger partial charge in [0.05, 0.1) is 0 Å². The SMILES string of the molecule is CC(=O)Nc1nnc(N2CCN(C(C)c3ccc4c(c3)O[C@H](C)C4)CC2)s1. The van der Waals surface area contributed by atoms with E-state index in [4.69, 9.17) is 4.74 Å². The monoisotopic (exact) mass is 387 g/mol. The number of ether oxygens (including phenoxy) is 1. The Morgan fingerprint density at radius 1 is 1.30 bits per heavy atom. The summed E-state index contributed by atoms with van der Waals surface area (Å²) in [7, 11) is 0. The first kappa shape index (κ1) is 18.2. The van der Waals surface area contributed by atoms with Gasteiger partial charge in [0.25, 0.3) is 0 Å². The average molecular weight is 388 g/mol. The molecule has 0 bridgehead atoms. The van der Waals surface area contributed by atoms with Crippen molar-refractivity contribution in [1.29, 1.82) is 0 Å². The third kappa shape index (κ3) is 3.91. The van der Waals surface area contributed by atoms with Gasteiger partial charge in [0.15, 0.2) is 0 Å². The van der Waals surface area contributed by atoms with Crippen LogP contribution < -0.4 is 15.0 Å². The first-order valence-corrected chi connectivity index (χ1v) is 10.2. The number of carbonyl (C=O) groups is 1. The number of amides is 1. The molecule has 27 heavy (non-hydrogen) atoms. The van der Waals surface area contributed by atoms with Gasteiger partial charge < -0.3 is 15.0 Å². The van der Waals surface area contributed by atoms with Crippen molar-refractivity contribution in [3.8, 4) is 5.75 Å². The predicted octanol–water partition coefficient (Wildman–Crippen LogP) is 2.70. The zero-order chi connectivity index (χ0) is 19.0. The first-order chi connectivity index (χ1) is 13.0. The van der Waals surface area contributed by atoms with E-state index in [2.05, 4.69) is 57.4 Å². The molecular formula is C19H25N5O2S. The van der Waals surface area contributed by atoms with Crippen molar-refractivity contribution in [2.45, 2.75) is 39.3 Å². The molecule has 1 saturated heterocycles. The normalized spacial score (nSPS) is 20.9.